The Morgan fingerprint density at radius 2 is 1.80 bits per heavy atom. The molecule has 0 saturated heterocycles. The van der Waals surface area contributed by atoms with Crippen LogP contribution >= 0.6 is 0 Å². The smallest absolute Gasteiger partial charge is 0.0587 e. The first-order valence-electron chi connectivity index (χ1n) is 5.98. The molecule has 0 aromatic carbocycles. The quantitative estimate of drug-likeness (QED) is 0.682. The number of hydrogen-bond donors (Lipinski definition) is 2. The third-order valence-corrected chi connectivity index (χ3v) is 3.76. The summed E-state index contributed by atoms with van der Waals surface area (Å²) >= 11 is 0. The Balaban J connectivity index is 2.41. The molecule has 1 saturated carbocycles. The van der Waals surface area contributed by atoms with Gasteiger partial charge >= 0.3 is 0 Å². The molecule has 0 aromatic rings. The van der Waals surface area contributed by atoms with Gasteiger partial charge in [0.05, 0.1) is 6.61 Å². The SMILES string of the molecule is COCCNC1(CN)CCC(C)(C)CC1. The van der Waals surface area contributed by atoms with Crippen LogP contribution in [-0.2, 0) is 4.74 Å². The van der Waals surface area contributed by atoms with Crippen LogP contribution in [0.1, 0.15) is 39.5 Å². The van der Waals surface area contributed by atoms with Crippen molar-refractivity contribution in [1.29, 1.82) is 0 Å². The van der Waals surface area contributed by atoms with Crippen molar-refractivity contribution in [3.63, 3.8) is 0 Å². The molecule has 0 aliphatic heterocycles. The summed E-state index contributed by atoms with van der Waals surface area (Å²) in [4.78, 5) is 0. The molecule has 0 bridgehead atoms. The predicted molar refractivity (Wildman–Crippen MR) is 63.9 cm³/mol. The summed E-state index contributed by atoms with van der Waals surface area (Å²) < 4.78 is 5.06. The summed E-state index contributed by atoms with van der Waals surface area (Å²) in [7, 11) is 1.74. The van der Waals surface area contributed by atoms with Crippen molar-refractivity contribution in [2.75, 3.05) is 26.8 Å². The van der Waals surface area contributed by atoms with Gasteiger partial charge in [-0.1, -0.05) is 13.8 Å². The highest BCUT2D eigenvalue weighted by atomic mass is 16.5. The number of nitrogens with one attached hydrogen (secondary N) is 1. The lowest BCUT2D eigenvalue weighted by Gasteiger charge is -2.43. The molecule has 1 fully saturated rings. The Morgan fingerprint density at radius 1 is 1.20 bits per heavy atom. The topological polar surface area (TPSA) is 47.3 Å². The zero-order valence-electron chi connectivity index (χ0n) is 10.4. The fourth-order valence-corrected chi connectivity index (χ4v) is 2.28. The summed E-state index contributed by atoms with van der Waals surface area (Å²) in [5.74, 6) is 0. The van der Waals surface area contributed by atoms with Crippen molar-refractivity contribution in [2.45, 2.75) is 45.1 Å². The minimum Gasteiger partial charge on any atom is -0.383 e. The second-order valence-corrected chi connectivity index (χ2v) is 5.57. The number of ether oxygens (including phenoxy) is 1. The average molecular weight is 214 g/mol. The van der Waals surface area contributed by atoms with Crippen molar-refractivity contribution in [3.8, 4) is 0 Å². The molecule has 3 heteroatoms. The van der Waals surface area contributed by atoms with Gasteiger partial charge in [-0.25, -0.2) is 0 Å². The van der Waals surface area contributed by atoms with Crippen LogP contribution in [0.5, 0.6) is 0 Å². The van der Waals surface area contributed by atoms with Crippen LogP contribution in [0.15, 0.2) is 0 Å². The fourth-order valence-electron chi connectivity index (χ4n) is 2.28. The van der Waals surface area contributed by atoms with Crippen LogP contribution < -0.4 is 11.1 Å². The van der Waals surface area contributed by atoms with E-state index >= 15 is 0 Å². The number of rotatable bonds is 5. The van der Waals surface area contributed by atoms with E-state index in [0.717, 1.165) is 19.7 Å². The molecular formula is C12H26N2O. The maximum Gasteiger partial charge on any atom is 0.0587 e. The van der Waals surface area contributed by atoms with Gasteiger partial charge in [0.15, 0.2) is 0 Å². The van der Waals surface area contributed by atoms with E-state index in [2.05, 4.69) is 19.2 Å². The summed E-state index contributed by atoms with van der Waals surface area (Å²) in [6.07, 6.45) is 4.93. The van der Waals surface area contributed by atoms with Gasteiger partial charge in [0.25, 0.3) is 0 Å². The fraction of sp³-hybridized carbons (Fsp3) is 1.00. The van der Waals surface area contributed by atoms with Gasteiger partial charge in [-0.15, -0.1) is 0 Å². The molecule has 90 valence electrons. The van der Waals surface area contributed by atoms with Gasteiger partial charge < -0.3 is 15.8 Å². The molecule has 0 heterocycles. The van der Waals surface area contributed by atoms with Crippen LogP contribution in [0.4, 0.5) is 0 Å². The van der Waals surface area contributed by atoms with E-state index in [4.69, 9.17) is 10.5 Å². The Labute approximate surface area is 93.8 Å². The second-order valence-electron chi connectivity index (χ2n) is 5.57. The monoisotopic (exact) mass is 214 g/mol. The number of nitrogens with two attached hydrogens (primary N) is 1. The zero-order chi connectivity index (χ0) is 11.4. The minimum absolute atomic E-state index is 0.175. The maximum absolute atomic E-state index is 5.91. The van der Waals surface area contributed by atoms with E-state index in [9.17, 15) is 0 Å². The molecule has 0 aromatic heterocycles. The van der Waals surface area contributed by atoms with E-state index in [0.29, 0.717) is 5.41 Å². The van der Waals surface area contributed by atoms with Crippen LogP contribution in [0.3, 0.4) is 0 Å². The molecule has 0 atom stereocenters. The first-order valence-corrected chi connectivity index (χ1v) is 5.98. The Hall–Kier alpha value is -0.120. The van der Waals surface area contributed by atoms with E-state index in [-0.39, 0.29) is 5.54 Å². The number of methoxy groups -OCH3 is 1. The van der Waals surface area contributed by atoms with E-state index in [1.54, 1.807) is 7.11 Å². The molecule has 3 nitrogen and oxygen atoms in total. The maximum atomic E-state index is 5.91. The van der Waals surface area contributed by atoms with Crippen LogP contribution in [0.25, 0.3) is 0 Å². The van der Waals surface area contributed by atoms with E-state index in [1.807, 2.05) is 0 Å². The highest BCUT2D eigenvalue weighted by molar-refractivity contribution is 4.96. The molecule has 1 rings (SSSR count). The zero-order valence-corrected chi connectivity index (χ0v) is 10.4. The summed E-state index contributed by atoms with van der Waals surface area (Å²) in [6, 6.07) is 0. The lowest BCUT2D eigenvalue weighted by atomic mass is 9.69. The van der Waals surface area contributed by atoms with Gasteiger partial charge in [0, 0.05) is 25.7 Å². The van der Waals surface area contributed by atoms with Crippen molar-refractivity contribution in [1.82, 2.24) is 5.32 Å². The molecule has 0 radical (unpaired) electrons. The lowest BCUT2D eigenvalue weighted by Crippen LogP contribution is -2.55. The van der Waals surface area contributed by atoms with Gasteiger partial charge in [-0.3, -0.25) is 0 Å². The Morgan fingerprint density at radius 3 is 2.27 bits per heavy atom. The molecule has 0 unspecified atom stereocenters. The van der Waals surface area contributed by atoms with Gasteiger partial charge in [-0.05, 0) is 31.1 Å². The largest absolute Gasteiger partial charge is 0.383 e. The van der Waals surface area contributed by atoms with Crippen molar-refractivity contribution < 1.29 is 4.74 Å². The third kappa shape index (κ3) is 3.74. The van der Waals surface area contributed by atoms with Crippen molar-refractivity contribution >= 4 is 0 Å². The van der Waals surface area contributed by atoms with E-state index < -0.39 is 0 Å². The van der Waals surface area contributed by atoms with Crippen LogP contribution in [0.2, 0.25) is 0 Å². The standard InChI is InChI=1S/C12H26N2O/c1-11(2)4-6-12(10-13,7-5-11)14-8-9-15-3/h14H,4-10,13H2,1-3H3. The molecule has 3 N–H and O–H groups in total. The highest BCUT2D eigenvalue weighted by Crippen LogP contribution is 2.39. The Bertz CT molecular complexity index is 182. The van der Waals surface area contributed by atoms with Crippen molar-refractivity contribution in [3.05, 3.63) is 0 Å². The third-order valence-electron chi connectivity index (χ3n) is 3.76. The molecule has 1 aliphatic rings. The second kappa shape index (κ2) is 5.28. The normalized spacial score (nSPS) is 24.0. The van der Waals surface area contributed by atoms with Gasteiger partial charge in [0.2, 0.25) is 0 Å². The van der Waals surface area contributed by atoms with Crippen molar-refractivity contribution in [2.24, 2.45) is 11.1 Å². The highest BCUT2D eigenvalue weighted by Gasteiger charge is 2.36. The van der Waals surface area contributed by atoms with Crippen LogP contribution in [0, 0.1) is 5.41 Å². The van der Waals surface area contributed by atoms with E-state index in [1.165, 1.54) is 25.7 Å². The lowest BCUT2D eigenvalue weighted by molar-refractivity contribution is 0.124. The minimum atomic E-state index is 0.175. The molecule has 0 amide bonds. The summed E-state index contributed by atoms with van der Waals surface area (Å²) in [6.45, 7) is 7.12. The molecular weight excluding hydrogens is 188 g/mol. The average Bonchev–Trinajstić information content (AvgIpc) is 2.22. The molecule has 15 heavy (non-hydrogen) atoms. The van der Waals surface area contributed by atoms with Crippen LogP contribution in [-0.4, -0.2) is 32.3 Å². The van der Waals surface area contributed by atoms with Gasteiger partial charge in [0.1, 0.15) is 0 Å². The molecule has 0 spiro atoms. The molecule has 1 aliphatic carbocycles. The predicted octanol–water partition coefficient (Wildman–Crippen LogP) is 1.52. The Kier molecular flexibility index (Phi) is 4.56. The summed E-state index contributed by atoms with van der Waals surface area (Å²) in [5, 5.41) is 3.57. The van der Waals surface area contributed by atoms with Gasteiger partial charge in [-0.2, -0.15) is 0 Å². The first kappa shape index (κ1) is 12.9. The first-order chi connectivity index (χ1) is 7.04. The number of hydrogen-bond acceptors (Lipinski definition) is 3. The summed E-state index contributed by atoms with van der Waals surface area (Å²) in [5.41, 5.74) is 6.58.